The third-order valence-corrected chi connectivity index (χ3v) is 4.73. The van der Waals surface area contributed by atoms with E-state index in [1.54, 1.807) is 0 Å². The molecule has 0 aliphatic heterocycles. The Hall–Kier alpha value is -1.56. The third-order valence-electron chi connectivity index (χ3n) is 4.73. The van der Waals surface area contributed by atoms with Gasteiger partial charge in [-0.2, -0.15) is 0 Å². The van der Waals surface area contributed by atoms with Gasteiger partial charge in [-0.25, -0.2) is 0 Å². The van der Waals surface area contributed by atoms with Crippen molar-refractivity contribution in [2.75, 3.05) is 0 Å². The van der Waals surface area contributed by atoms with E-state index in [0.29, 0.717) is 23.7 Å². The first-order valence-electron chi connectivity index (χ1n) is 9.84. The van der Waals surface area contributed by atoms with E-state index in [-0.39, 0.29) is 0 Å². The summed E-state index contributed by atoms with van der Waals surface area (Å²) in [6.45, 7) is 20.2. The van der Waals surface area contributed by atoms with Crippen LogP contribution in [0, 0.1) is 6.92 Å². The summed E-state index contributed by atoms with van der Waals surface area (Å²) in [4.78, 5) is 0. The summed E-state index contributed by atoms with van der Waals surface area (Å²) in [5.41, 5.74) is 7.36. The van der Waals surface area contributed by atoms with Crippen molar-refractivity contribution >= 4 is 0 Å². The lowest BCUT2D eigenvalue weighted by molar-refractivity contribution is 0.789. The first kappa shape index (κ1) is 21.5. The van der Waals surface area contributed by atoms with Gasteiger partial charge in [0, 0.05) is 0 Å². The Balaban J connectivity index is 0.000000251. The molecule has 2 aromatic rings. The van der Waals surface area contributed by atoms with Crippen molar-refractivity contribution in [3.63, 3.8) is 0 Å². The molecule has 0 atom stereocenters. The maximum Gasteiger partial charge on any atom is -0.0216 e. The van der Waals surface area contributed by atoms with Crippen molar-refractivity contribution in [3.8, 4) is 0 Å². The Kier molecular flexibility index (Phi) is 8.42. The quantitative estimate of drug-likeness (QED) is 0.527. The number of rotatable bonds is 4. The van der Waals surface area contributed by atoms with E-state index in [1.807, 2.05) is 0 Å². The van der Waals surface area contributed by atoms with E-state index < -0.39 is 0 Å². The minimum absolute atomic E-state index is 0.636. The number of hydrogen-bond acceptors (Lipinski definition) is 0. The molecule has 0 heterocycles. The number of benzene rings is 2. The van der Waals surface area contributed by atoms with Gasteiger partial charge in [-0.15, -0.1) is 0 Å². The molecule has 0 aliphatic carbocycles. The summed E-state index contributed by atoms with van der Waals surface area (Å²) in [7, 11) is 0. The van der Waals surface area contributed by atoms with Crippen LogP contribution in [0.4, 0.5) is 0 Å². The largest absolute Gasteiger partial charge is 0.0620 e. The maximum atomic E-state index is 2.32. The highest BCUT2D eigenvalue weighted by Crippen LogP contribution is 2.27. The van der Waals surface area contributed by atoms with E-state index >= 15 is 0 Å². The van der Waals surface area contributed by atoms with Gasteiger partial charge in [0.05, 0.1) is 0 Å². The summed E-state index contributed by atoms with van der Waals surface area (Å²) in [6.07, 6.45) is 0. The fraction of sp³-hybridized carbons (Fsp3) is 0.520. The monoisotopic (exact) mass is 338 g/mol. The predicted molar refractivity (Wildman–Crippen MR) is 114 cm³/mol. The minimum atomic E-state index is 0.636. The molecule has 2 rings (SSSR count). The average Bonchev–Trinajstić information content (AvgIpc) is 2.54. The van der Waals surface area contributed by atoms with Crippen molar-refractivity contribution in [2.24, 2.45) is 0 Å². The zero-order valence-corrected chi connectivity index (χ0v) is 17.9. The molecule has 2 aromatic carbocycles. The smallest absolute Gasteiger partial charge is 0.0216 e. The Morgan fingerprint density at radius 2 is 0.840 bits per heavy atom. The highest BCUT2D eigenvalue weighted by atomic mass is 14.1. The zero-order chi connectivity index (χ0) is 19.1. The molecule has 0 saturated carbocycles. The van der Waals surface area contributed by atoms with Crippen LogP contribution in [-0.2, 0) is 0 Å². The van der Waals surface area contributed by atoms with E-state index in [0.717, 1.165) is 0 Å². The zero-order valence-electron chi connectivity index (χ0n) is 17.9. The lowest BCUT2D eigenvalue weighted by atomic mass is 9.89. The van der Waals surface area contributed by atoms with Gasteiger partial charge in [0.1, 0.15) is 0 Å². The summed E-state index contributed by atoms with van der Waals surface area (Å²) in [5, 5.41) is 0. The Morgan fingerprint density at radius 3 is 1.20 bits per heavy atom. The molecule has 0 N–H and O–H groups in total. The van der Waals surface area contributed by atoms with Crippen LogP contribution in [0.1, 0.15) is 107 Å². The number of aryl methyl sites for hydroxylation is 1. The van der Waals surface area contributed by atoms with Gasteiger partial charge in [-0.3, -0.25) is 0 Å². The van der Waals surface area contributed by atoms with Gasteiger partial charge in [0.2, 0.25) is 0 Å². The maximum absolute atomic E-state index is 2.32. The SMILES string of the molecule is CC(C)c1ccccc1C(C)C.Cc1ccc(C(C)C)c(C(C)C)c1. The van der Waals surface area contributed by atoms with Crippen molar-refractivity contribution in [1.82, 2.24) is 0 Å². The average molecular weight is 339 g/mol. The van der Waals surface area contributed by atoms with Crippen LogP contribution in [-0.4, -0.2) is 0 Å². The molecule has 0 aliphatic rings. The van der Waals surface area contributed by atoms with E-state index in [1.165, 1.54) is 27.8 Å². The van der Waals surface area contributed by atoms with Crippen LogP contribution in [0.15, 0.2) is 42.5 Å². The third kappa shape index (κ3) is 6.34. The van der Waals surface area contributed by atoms with Crippen molar-refractivity contribution in [2.45, 2.75) is 86.0 Å². The second-order valence-corrected chi connectivity index (χ2v) is 8.38. The molecule has 0 radical (unpaired) electrons. The Bertz CT molecular complexity index is 618. The van der Waals surface area contributed by atoms with Gasteiger partial charge in [0.25, 0.3) is 0 Å². The highest BCUT2D eigenvalue weighted by Gasteiger charge is 2.09. The predicted octanol–water partition coefficient (Wildman–Crippen LogP) is 8.18. The molecular formula is C25H38. The van der Waals surface area contributed by atoms with Crippen LogP contribution in [0.2, 0.25) is 0 Å². The lowest BCUT2D eigenvalue weighted by Crippen LogP contribution is -1.98. The standard InChI is InChI=1S/C13H20.C12H18/c1-9(2)12-7-6-11(5)8-13(12)10(3)4;1-9(2)11-7-5-6-8-12(11)10(3)4/h6-10H,1-5H3;5-10H,1-4H3. The summed E-state index contributed by atoms with van der Waals surface area (Å²) in [6, 6.07) is 15.5. The molecule has 0 amide bonds. The van der Waals surface area contributed by atoms with Gasteiger partial charge in [-0.05, 0) is 52.8 Å². The van der Waals surface area contributed by atoms with E-state index in [2.05, 4.69) is 105 Å². The molecule has 0 spiro atoms. The number of hydrogen-bond donors (Lipinski definition) is 0. The van der Waals surface area contributed by atoms with Crippen LogP contribution < -0.4 is 0 Å². The summed E-state index contributed by atoms with van der Waals surface area (Å²) < 4.78 is 0. The fourth-order valence-electron chi connectivity index (χ4n) is 3.28. The van der Waals surface area contributed by atoms with Crippen molar-refractivity contribution in [3.05, 3.63) is 70.3 Å². The summed E-state index contributed by atoms with van der Waals surface area (Å²) >= 11 is 0. The first-order valence-corrected chi connectivity index (χ1v) is 9.84. The van der Waals surface area contributed by atoms with Gasteiger partial charge >= 0.3 is 0 Å². The molecule has 0 unspecified atom stereocenters. The van der Waals surface area contributed by atoms with Crippen molar-refractivity contribution < 1.29 is 0 Å². The molecule has 25 heavy (non-hydrogen) atoms. The van der Waals surface area contributed by atoms with Gasteiger partial charge in [0.15, 0.2) is 0 Å². The van der Waals surface area contributed by atoms with Crippen LogP contribution in [0.25, 0.3) is 0 Å². The van der Waals surface area contributed by atoms with Gasteiger partial charge in [-0.1, -0.05) is 103 Å². The first-order chi connectivity index (χ1) is 11.6. The lowest BCUT2D eigenvalue weighted by Gasteiger charge is -2.16. The molecule has 138 valence electrons. The highest BCUT2D eigenvalue weighted by molar-refractivity contribution is 5.35. The van der Waals surface area contributed by atoms with E-state index in [9.17, 15) is 0 Å². The van der Waals surface area contributed by atoms with Gasteiger partial charge < -0.3 is 0 Å². The molecule has 0 nitrogen and oxygen atoms in total. The topological polar surface area (TPSA) is 0 Å². The molecular weight excluding hydrogens is 300 g/mol. The fourth-order valence-corrected chi connectivity index (χ4v) is 3.28. The Labute approximate surface area is 156 Å². The minimum Gasteiger partial charge on any atom is -0.0620 e. The molecule has 0 aromatic heterocycles. The summed E-state index contributed by atoms with van der Waals surface area (Å²) in [5.74, 6) is 2.56. The van der Waals surface area contributed by atoms with E-state index in [4.69, 9.17) is 0 Å². The Morgan fingerprint density at radius 1 is 0.480 bits per heavy atom. The van der Waals surface area contributed by atoms with Crippen LogP contribution in [0.5, 0.6) is 0 Å². The molecule has 0 heteroatoms. The van der Waals surface area contributed by atoms with Crippen molar-refractivity contribution in [1.29, 1.82) is 0 Å². The second kappa shape index (κ2) is 9.80. The van der Waals surface area contributed by atoms with Crippen LogP contribution >= 0.6 is 0 Å². The molecule has 0 saturated heterocycles. The molecule has 0 bridgehead atoms. The molecule has 0 fully saturated rings. The van der Waals surface area contributed by atoms with Crippen LogP contribution in [0.3, 0.4) is 0 Å². The second-order valence-electron chi connectivity index (χ2n) is 8.38. The normalized spacial score (nSPS) is 11.2.